The van der Waals surface area contributed by atoms with Crippen LogP contribution in [0.25, 0.3) is 0 Å². The number of likely N-dealkylation sites (tertiary alicyclic amines) is 1. The molecule has 0 aromatic rings. The molecule has 0 aromatic carbocycles. The maximum atomic E-state index is 12.3. The summed E-state index contributed by atoms with van der Waals surface area (Å²) >= 11 is 0. The molecule has 0 bridgehead atoms. The van der Waals surface area contributed by atoms with Crippen molar-refractivity contribution in [3.8, 4) is 0 Å². The van der Waals surface area contributed by atoms with Crippen molar-refractivity contribution < 1.29 is 14.3 Å². The Balaban J connectivity index is 2.72. The fourth-order valence-corrected chi connectivity index (χ4v) is 2.18. The maximum Gasteiger partial charge on any atom is 0.320 e. The van der Waals surface area contributed by atoms with Crippen LogP contribution < -0.4 is 0 Å². The number of likely N-dealkylation sites (N-methyl/N-ethyl adjacent to an activating group) is 2. The summed E-state index contributed by atoms with van der Waals surface area (Å²) in [6, 6.07) is 0.191. The summed E-state index contributed by atoms with van der Waals surface area (Å²) in [6.07, 6.45) is 0.954. The van der Waals surface area contributed by atoms with E-state index in [2.05, 4.69) is 9.64 Å². The van der Waals surface area contributed by atoms with Gasteiger partial charge in [0.1, 0.15) is 5.41 Å². The molecule has 0 aliphatic carbocycles. The highest BCUT2D eigenvalue weighted by molar-refractivity contribution is 6.01. The van der Waals surface area contributed by atoms with Gasteiger partial charge < -0.3 is 14.5 Å². The first-order valence-electron chi connectivity index (χ1n) is 5.85. The van der Waals surface area contributed by atoms with Gasteiger partial charge in [0.2, 0.25) is 5.91 Å². The van der Waals surface area contributed by atoms with Crippen LogP contribution in [0, 0.1) is 5.41 Å². The molecule has 0 saturated carbocycles. The van der Waals surface area contributed by atoms with Gasteiger partial charge in [-0.2, -0.15) is 0 Å². The van der Waals surface area contributed by atoms with E-state index in [1.807, 2.05) is 7.05 Å². The van der Waals surface area contributed by atoms with E-state index in [0.717, 1.165) is 19.5 Å². The molecular formula is C12H22N2O3. The highest BCUT2D eigenvalue weighted by atomic mass is 16.5. The van der Waals surface area contributed by atoms with Gasteiger partial charge in [-0.25, -0.2) is 0 Å². The van der Waals surface area contributed by atoms with Crippen molar-refractivity contribution in [2.24, 2.45) is 5.41 Å². The molecule has 17 heavy (non-hydrogen) atoms. The zero-order valence-electron chi connectivity index (χ0n) is 11.3. The van der Waals surface area contributed by atoms with E-state index in [-0.39, 0.29) is 11.9 Å². The Labute approximate surface area is 103 Å². The summed E-state index contributed by atoms with van der Waals surface area (Å²) in [4.78, 5) is 27.7. The predicted octanol–water partition coefficient (Wildman–Crippen LogP) is 0.348. The average Bonchev–Trinajstić information content (AvgIpc) is 2.72. The molecule has 0 N–H and O–H groups in total. The number of hydrogen-bond donors (Lipinski definition) is 0. The molecule has 5 heteroatoms. The summed E-state index contributed by atoms with van der Waals surface area (Å²) in [5.74, 6) is -0.662. The minimum Gasteiger partial charge on any atom is -0.468 e. The second kappa shape index (κ2) is 5.04. The van der Waals surface area contributed by atoms with Gasteiger partial charge >= 0.3 is 5.97 Å². The van der Waals surface area contributed by atoms with E-state index in [1.54, 1.807) is 25.8 Å². The van der Waals surface area contributed by atoms with Crippen molar-refractivity contribution in [2.75, 3.05) is 34.3 Å². The van der Waals surface area contributed by atoms with Gasteiger partial charge in [0.15, 0.2) is 0 Å². The normalized spacial score (nSPS) is 21.4. The molecule has 1 amide bonds. The number of rotatable bonds is 3. The second-order valence-corrected chi connectivity index (χ2v) is 5.24. The predicted molar refractivity (Wildman–Crippen MR) is 64.5 cm³/mol. The van der Waals surface area contributed by atoms with Gasteiger partial charge in [0, 0.05) is 19.6 Å². The fraction of sp³-hybridized carbons (Fsp3) is 0.833. The molecule has 98 valence electrons. The van der Waals surface area contributed by atoms with Gasteiger partial charge in [-0.3, -0.25) is 9.59 Å². The quantitative estimate of drug-likeness (QED) is 0.529. The van der Waals surface area contributed by atoms with Crippen molar-refractivity contribution in [1.29, 1.82) is 0 Å². The number of carbonyl (C=O) groups excluding carboxylic acids is 2. The Bertz CT molecular complexity index is 315. The lowest BCUT2D eigenvalue weighted by atomic mass is 9.91. The van der Waals surface area contributed by atoms with E-state index in [9.17, 15) is 9.59 Å². The van der Waals surface area contributed by atoms with E-state index in [1.165, 1.54) is 7.11 Å². The molecule has 1 fully saturated rings. The van der Waals surface area contributed by atoms with E-state index < -0.39 is 11.4 Å². The number of nitrogens with zero attached hydrogens (tertiary/aromatic N) is 2. The average molecular weight is 242 g/mol. The van der Waals surface area contributed by atoms with Crippen molar-refractivity contribution in [1.82, 2.24) is 9.80 Å². The Morgan fingerprint density at radius 2 is 2.00 bits per heavy atom. The Morgan fingerprint density at radius 1 is 1.41 bits per heavy atom. The zero-order valence-corrected chi connectivity index (χ0v) is 11.3. The molecule has 1 heterocycles. The molecule has 1 aliphatic rings. The number of ether oxygens (including phenoxy) is 1. The number of carbonyl (C=O) groups is 2. The van der Waals surface area contributed by atoms with E-state index >= 15 is 0 Å². The molecule has 1 atom stereocenters. The first-order valence-corrected chi connectivity index (χ1v) is 5.85. The molecule has 1 rings (SSSR count). The van der Waals surface area contributed by atoms with Gasteiger partial charge in [-0.05, 0) is 33.9 Å². The summed E-state index contributed by atoms with van der Waals surface area (Å²) in [5, 5.41) is 0. The van der Waals surface area contributed by atoms with Crippen LogP contribution in [0.4, 0.5) is 0 Å². The molecule has 0 radical (unpaired) electrons. The summed E-state index contributed by atoms with van der Waals surface area (Å²) in [5.41, 5.74) is -1.11. The summed E-state index contributed by atoms with van der Waals surface area (Å²) in [6.45, 7) is 5.06. The standard InChI is InChI=1S/C12H22N2O3/c1-12(2,11(16)17-5)10(15)14(4)9-6-7-13(3)8-9/h9H,6-8H2,1-5H3. The SMILES string of the molecule is COC(=O)C(C)(C)C(=O)N(C)C1CCN(C)C1. The fourth-order valence-electron chi connectivity index (χ4n) is 2.18. The van der Waals surface area contributed by atoms with Crippen LogP contribution in [0.5, 0.6) is 0 Å². The molecule has 1 aliphatic heterocycles. The van der Waals surface area contributed by atoms with Crippen LogP contribution in [-0.2, 0) is 14.3 Å². The minimum atomic E-state index is -1.11. The van der Waals surface area contributed by atoms with Gasteiger partial charge in [0.25, 0.3) is 0 Å². The molecule has 0 aromatic heterocycles. The second-order valence-electron chi connectivity index (χ2n) is 5.24. The van der Waals surface area contributed by atoms with Crippen LogP contribution in [-0.4, -0.2) is 62.0 Å². The van der Waals surface area contributed by atoms with Gasteiger partial charge in [-0.15, -0.1) is 0 Å². The molecular weight excluding hydrogens is 220 g/mol. The topological polar surface area (TPSA) is 49.9 Å². The lowest BCUT2D eigenvalue weighted by Gasteiger charge is -2.31. The zero-order chi connectivity index (χ0) is 13.2. The van der Waals surface area contributed by atoms with E-state index in [4.69, 9.17) is 0 Å². The van der Waals surface area contributed by atoms with Crippen molar-refractivity contribution in [3.05, 3.63) is 0 Å². The lowest BCUT2D eigenvalue weighted by Crippen LogP contribution is -2.48. The smallest absolute Gasteiger partial charge is 0.320 e. The third-order valence-corrected chi connectivity index (χ3v) is 3.46. The van der Waals surface area contributed by atoms with Crippen molar-refractivity contribution >= 4 is 11.9 Å². The van der Waals surface area contributed by atoms with Crippen LogP contribution >= 0.6 is 0 Å². The first kappa shape index (κ1) is 14.0. The molecule has 0 spiro atoms. The Hall–Kier alpha value is -1.10. The van der Waals surface area contributed by atoms with Gasteiger partial charge in [0.05, 0.1) is 7.11 Å². The van der Waals surface area contributed by atoms with Crippen LogP contribution in [0.2, 0.25) is 0 Å². The number of esters is 1. The highest BCUT2D eigenvalue weighted by Gasteiger charge is 2.41. The monoisotopic (exact) mass is 242 g/mol. The Morgan fingerprint density at radius 3 is 2.41 bits per heavy atom. The van der Waals surface area contributed by atoms with Crippen LogP contribution in [0.15, 0.2) is 0 Å². The van der Waals surface area contributed by atoms with Crippen LogP contribution in [0.1, 0.15) is 20.3 Å². The molecule has 5 nitrogen and oxygen atoms in total. The molecule has 1 unspecified atom stereocenters. The third-order valence-electron chi connectivity index (χ3n) is 3.46. The minimum absolute atomic E-state index is 0.176. The van der Waals surface area contributed by atoms with E-state index in [0.29, 0.717) is 0 Å². The number of methoxy groups -OCH3 is 1. The van der Waals surface area contributed by atoms with Crippen molar-refractivity contribution in [3.63, 3.8) is 0 Å². The largest absolute Gasteiger partial charge is 0.468 e. The molecule has 1 saturated heterocycles. The highest BCUT2D eigenvalue weighted by Crippen LogP contribution is 2.23. The Kier molecular flexibility index (Phi) is 4.14. The summed E-state index contributed by atoms with van der Waals surface area (Å²) in [7, 11) is 5.10. The first-order chi connectivity index (χ1) is 7.80. The maximum absolute atomic E-state index is 12.3. The summed E-state index contributed by atoms with van der Waals surface area (Å²) < 4.78 is 4.67. The lowest BCUT2D eigenvalue weighted by molar-refractivity contribution is -0.161. The van der Waals surface area contributed by atoms with Crippen LogP contribution in [0.3, 0.4) is 0 Å². The number of amides is 1. The third kappa shape index (κ3) is 2.77. The number of hydrogen-bond acceptors (Lipinski definition) is 4. The van der Waals surface area contributed by atoms with Gasteiger partial charge in [-0.1, -0.05) is 0 Å². The van der Waals surface area contributed by atoms with Crippen molar-refractivity contribution in [2.45, 2.75) is 26.3 Å².